The van der Waals surface area contributed by atoms with Crippen LogP contribution in [0.5, 0.6) is 0 Å². The highest BCUT2D eigenvalue weighted by Crippen LogP contribution is 2.52. The number of hydrogen-bond acceptors (Lipinski definition) is 4. The van der Waals surface area contributed by atoms with E-state index in [1.54, 1.807) is 0 Å². The molecule has 5 unspecified atom stereocenters. The Bertz CT molecular complexity index is 486. The molecule has 5 atom stereocenters. The van der Waals surface area contributed by atoms with Crippen LogP contribution in [0.25, 0.3) is 0 Å². The number of nitrogens with zero attached hydrogens (tertiary/aromatic N) is 2. The zero-order chi connectivity index (χ0) is 14.2. The number of likely N-dealkylation sites (N-methyl/N-ethyl adjacent to an activating group) is 1. The molecule has 0 aliphatic heterocycles. The Kier molecular flexibility index (Phi) is 3.74. The van der Waals surface area contributed by atoms with E-state index in [1.165, 1.54) is 57.8 Å². The minimum absolute atomic E-state index is 0.414. The third-order valence-electron chi connectivity index (χ3n) is 6.23. The summed E-state index contributed by atoms with van der Waals surface area (Å²) >= 11 is 0. The van der Waals surface area contributed by atoms with E-state index < -0.39 is 0 Å². The molecular formula is C17H27N3O. The Morgan fingerprint density at radius 2 is 1.90 bits per heavy atom. The summed E-state index contributed by atoms with van der Waals surface area (Å²) in [4.78, 5) is 4.86. The first-order valence-corrected chi connectivity index (χ1v) is 8.86. The van der Waals surface area contributed by atoms with Gasteiger partial charge < -0.3 is 9.84 Å². The number of nitrogens with one attached hydrogen (secondary N) is 1. The maximum Gasteiger partial charge on any atom is 0.231 e. The summed E-state index contributed by atoms with van der Waals surface area (Å²) in [7, 11) is 2.07. The van der Waals surface area contributed by atoms with Crippen LogP contribution in [0.2, 0.25) is 0 Å². The molecule has 3 fully saturated rings. The lowest BCUT2D eigenvalue weighted by molar-refractivity contribution is 0.304. The molecule has 0 amide bonds. The van der Waals surface area contributed by atoms with Gasteiger partial charge in [-0.25, -0.2) is 0 Å². The molecule has 4 nitrogen and oxygen atoms in total. The van der Waals surface area contributed by atoms with Crippen LogP contribution in [0.4, 0.5) is 0 Å². The Morgan fingerprint density at radius 1 is 1.00 bits per heavy atom. The van der Waals surface area contributed by atoms with Crippen LogP contribution in [-0.4, -0.2) is 23.2 Å². The fraction of sp³-hybridized carbons (Fsp3) is 0.882. The molecule has 4 heteroatoms. The molecule has 3 saturated carbocycles. The van der Waals surface area contributed by atoms with Gasteiger partial charge in [-0.1, -0.05) is 30.8 Å². The molecule has 1 aromatic rings. The van der Waals surface area contributed by atoms with Crippen LogP contribution in [0.15, 0.2) is 4.52 Å². The Balaban J connectivity index is 1.53. The van der Waals surface area contributed by atoms with Crippen LogP contribution in [0, 0.1) is 11.8 Å². The van der Waals surface area contributed by atoms with E-state index >= 15 is 0 Å². The van der Waals surface area contributed by atoms with E-state index in [-0.39, 0.29) is 0 Å². The Hall–Kier alpha value is -0.900. The summed E-state index contributed by atoms with van der Waals surface area (Å²) < 4.78 is 5.71. The predicted molar refractivity (Wildman–Crippen MR) is 81.2 cm³/mol. The van der Waals surface area contributed by atoms with Gasteiger partial charge in [-0.2, -0.15) is 4.98 Å². The number of fused-ring (bicyclic) bond motifs is 2. The molecule has 21 heavy (non-hydrogen) atoms. The van der Waals surface area contributed by atoms with Gasteiger partial charge in [0.2, 0.25) is 5.89 Å². The second-order valence-corrected chi connectivity index (χ2v) is 7.41. The first kappa shape index (κ1) is 13.7. The highest BCUT2D eigenvalue weighted by atomic mass is 16.5. The second kappa shape index (κ2) is 5.71. The maximum atomic E-state index is 5.71. The van der Waals surface area contributed by atoms with Crippen molar-refractivity contribution in [1.82, 2.24) is 15.5 Å². The van der Waals surface area contributed by atoms with Crippen molar-refractivity contribution in [3.8, 4) is 0 Å². The van der Waals surface area contributed by atoms with E-state index in [4.69, 9.17) is 9.51 Å². The van der Waals surface area contributed by atoms with E-state index in [9.17, 15) is 0 Å². The summed E-state index contributed by atoms with van der Waals surface area (Å²) in [5.41, 5.74) is 0. The average molecular weight is 289 g/mol. The lowest BCUT2D eigenvalue weighted by atomic mass is 9.88. The van der Waals surface area contributed by atoms with E-state index in [0.29, 0.717) is 17.9 Å². The number of aromatic nitrogens is 2. The SMILES string of the molecule is CNC1CCCCCC1c1nc(C2CC3CCC2C3)no1. The van der Waals surface area contributed by atoms with Crippen molar-refractivity contribution in [3.05, 3.63) is 11.7 Å². The van der Waals surface area contributed by atoms with Crippen LogP contribution in [0.1, 0.15) is 81.3 Å². The predicted octanol–water partition coefficient (Wildman–Crippen LogP) is 3.61. The molecule has 3 aliphatic carbocycles. The molecule has 1 heterocycles. The van der Waals surface area contributed by atoms with Crippen molar-refractivity contribution in [2.24, 2.45) is 11.8 Å². The molecular weight excluding hydrogens is 262 g/mol. The van der Waals surface area contributed by atoms with Gasteiger partial charge in [-0.05, 0) is 51.0 Å². The third kappa shape index (κ3) is 2.52. The van der Waals surface area contributed by atoms with Gasteiger partial charge in [0.25, 0.3) is 0 Å². The molecule has 4 rings (SSSR count). The standard InChI is InChI=1S/C17H27N3O/c1-18-15-6-4-2-3-5-13(15)17-19-16(20-21-17)14-10-11-7-8-12(14)9-11/h11-15,18H,2-10H2,1H3. The average Bonchev–Trinajstić information content (AvgIpc) is 3.20. The number of rotatable bonds is 3. The highest BCUT2D eigenvalue weighted by Gasteiger charge is 2.42. The second-order valence-electron chi connectivity index (χ2n) is 7.41. The zero-order valence-corrected chi connectivity index (χ0v) is 13.1. The van der Waals surface area contributed by atoms with Gasteiger partial charge in [0.05, 0.1) is 5.92 Å². The van der Waals surface area contributed by atoms with E-state index in [1.807, 2.05) is 0 Å². The molecule has 0 saturated heterocycles. The summed E-state index contributed by atoms with van der Waals surface area (Å²) in [6.45, 7) is 0. The van der Waals surface area contributed by atoms with Gasteiger partial charge >= 0.3 is 0 Å². The molecule has 3 aliphatic rings. The number of hydrogen-bond donors (Lipinski definition) is 1. The normalized spacial score (nSPS) is 39.6. The topological polar surface area (TPSA) is 51.0 Å². The van der Waals surface area contributed by atoms with Crippen LogP contribution in [-0.2, 0) is 0 Å². The summed E-state index contributed by atoms with van der Waals surface area (Å²) in [6, 6.07) is 0.501. The first-order valence-electron chi connectivity index (χ1n) is 8.86. The van der Waals surface area contributed by atoms with Crippen molar-refractivity contribution in [2.45, 2.75) is 75.7 Å². The molecule has 116 valence electrons. The smallest absolute Gasteiger partial charge is 0.231 e. The summed E-state index contributed by atoms with van der Waals surface area (Å²) in [5, 5.41) is 7.85. The van der Waals surface area contributed by atoms with Crippen molar-refractivity contribution < 1.29 is 4.52 Å². The minimum Gasteiger partial charge on any atom is -0.339 e. The van der Waals surface area contributed by atoms with Gasteiger partial charge in [-0.15, -0.1) is 0 Å². The van der Waals surface area contributed by atoms with Crippen molar-refractivity contribution in [2.75, 3.05) is 7.05 Å². The van der Waals surface area contributed by atoms with Gasteiger partial charge in [0, 0.05) is 12.0 Å². The minimum atomic E-state index is 0.414. The van der Waals surface area contributed by atoms with Crippen molar-refractivity contribution >= 4 is 0 Å². The Labute approximate surface area is 127 Å². The largest absolute Gasteiger partial charge is 0.339 e. The lowest BCUT2D eigenvalue weighted by Crippen LogP contribution is -2.31. The van der Waals surface area contributed by atoms with E-state index in [2.05, 4.69) is 17.5 Å². The lowest BCUT2D eigenvalue weighted by Gasteiger charge is -2.21. The fourth-order valence-corrected chi connectivity index (χ4v) is 5.06. The van der Waals surface area contributed by atoms with E-state index in [0.717, 1.165) is 23.6 Å². The quantitative estimate of drug-likeness (QED) is 0.864. The molecule has 1 N–H and O–H groups in total. The van der Waals surface area contributed by atoms with Gasteiger partial charge in [0.1, 0.15) is 0 Å². The highest BCUT2D eigenvalue weighted by molar-refractivity contribution is 5.09. The van der Waals surface area contributed by atoms with Crippen LogP contribution in [0.3, 0.4) is 0 Å². The van der Waals surface area contributed by atoms with Crippen LogP contribution >= 0.6 is 0 Å². The summed E-state index contributed by atoms with van der Waals surface area (Å²) in [5.74, 6) is 4.67. The Morgan fingerprint density at radius 3 is 2.67 bits per heavy atom. The molecule has 2 bridgehead atoms. The molecule has 0 radical (unpaired) electrons. The molecule has 1 aromatic heterocycles. The van der Waals surface area contributed by atoms with Crippen molar-refractivity contribution in [1.29, 1.82) is 0 Å². The maximum absolute atomic E-state index is 5.71. The monoisotopic (exact) mass is 289 g/mol. The third-order valence-corrected chi connectivity index (χ3v) is 6.23. The first-order chi connectivity index (χ1) is 10.3. The summed E-state index contributed by atoms with van der Waals surface area (Å²) in [6.07, 6.45) is 11.8. The van der Waals surface area contributed by atoms with Gasteiger partial charge in [0.15, 0.2) is 5.82 Å². The molecule has 0 aromatic carbocycles. The van der Waals surface area contributed by atoms with Crippen molar-refractivity contribution in [3.63, 3.8) is 0 Å². The van der Waals surface area contributed by atoms with Gasteiger partial charge in [-0.3, -0.25) is 0 Å². The molecule has 0 spiro atoms. The zero-order valence-electron chi connectivity index (χ0n) is 13.1. The fourth-order valence-electron chi connectivity index (χ4n) is 5.06. The van der Waals surface area contributed by atoms with Crippen LogP contribution < -0.4 is 5.32 Å².